The molecule has 0 aliphatic heterocycles. The molecule has 8 rings (SSSR count). The Morgan fingerprint density at radius 2 is 0.500 bits per heavy atom. The molecule has 0 spiro atoms. The van der Waals surface area contributed by atoms with Gasteiger partial charge in [-0.05, 0) is 148 Å². The summed E-state index contributed by atoms with van der Waals surface area (Å²) in [6.45, 7) is 14.1. The molecule has 0 saturated heterocycles. The van der Waals surface area contributed by atoms with Crippen LogP contribution in [0.25, 0.3) is 69.6 Å². The third-order valence-electron chi connectivity index (χ3n) is 15.1. The molecular formula is C64H86S6. The average molecular weight is 1050 g/mol. The summed E-state index contributed by atoms with van der Waals surface area (Å²) < 4.78 is 6.43. The van der Waals surface area contributed by atoms with Crippen LogP contribution in [0.2, 0.25) is 0 Å². The highest BCUT2D eigenvalue weighted by Crippen LogP contribution is 2.50. The first-order chi connectivity index (χ1) is 34.5. The molecule has 0 N–H and O–H groups in total. The molecule has 2 aromatic carbocycles. The van der Waals surface area contributed by atoms with Crippen LogP contribution in [0, 0.1) is 0 Å². The number of aryl methyl sites for hydroxylation is 6. The van der Waals surface area contributed by atoms with Crippen molar-refractivity contribution in [1.29, 1.82) is 0 Å². The minimum absolute atomic E-state index is 1.23. The number of rotatable bonds is 33. The zero-order valence-corrected chi connectivity index (χ0v) is 49.2. The Labute approximate surface area is 448 Å². The molecule has 70 heavy (non-hydrogen) atoms. The maximum absolute atomic E-state index is 2.63. The van der Waals surface area contributed by atoms with Crippen molar-refractivity contribution in [2.75, 3.05) is 0 Å². The Kier molecular flexibility index (Phi) is 21.4. The van der Waals surface area contributed by atoms with E-state index in [1.165, 1.54) is 233 Å². The smallest absolute Gasteiger partial charge is 0.0455 e. The van der Waals surface area contributed by atoms with Crippen molar-refractivity contribution in [1.82, 2.24) is 0 Å². The molecule has 8 aromatic rings. The molecule has 6 heteroatoms. The van der Waals surface area contributed by atoms with Gasteiger partial charge in [0, 0.05) is 79.4 Å². The lowest BCUT2D eigenvalue weighted by Gasteiger charge is -2.13. The number of hydrogen-bond donors (Lipinski definition) is 0. The minimum Gasteiger partial charge on any atom is -0.140 e. The SMILES string of the molecule is CCCCCCc1cc2c(s1)c(CCCCCC)c(CCCCCC)c1sc(-c3ccc(-c4ccc(-c5cc6c(s5)c(CCCCCC)c(CCCCCC)c5sc(CCCCCC)cc56)s4)s3)cc12. The van der Waals surface area contributed by atoms with Gasteiger partial charge >= 0.3 is 0 Å². The van der Waals surface area contributed by atoms with Gasteiger partial charge in [-0.2, -0.15) is 0 Å². The largest absolute Gasteiger partial charge is 0.140 e. The van der Waals surface area contributed by atoms with Gasteiger partial charge in [-0.1, -0.05) is 157 Å². The maximum atomic E-state index is 2.63. The van der Waals surface area contributed by atoms with E-state index in [9.17, 15) is 0 Å². The van der Waals surface area contributed by atoms with E-state index in [0.717, 1.165) is 0 Å². The van der Waals surface area contributed by atoms with E-state index in [2.05, 4.69) is 135 Å². The van der Waals surface area contributed by atoms with Crippen molar-refractivity contribution >= 4 is 108 Å². The van der Waals surface area contributed by atoms with Gasteiger partial charge in [0.15, 0.2) is 0 Å². The molecule has 0 fully saturated rings. The van der Waals surface area contributed by atoms with Gasteiger partial charge in [0.1, 0.15) is 0 Å². The topological polar surface area (TPSA) is 0 Å². The van der Waals surface area contributed by atoms with Gasteiger partial charge in [-0.15, -0.1) is 68.0 Å². The van der Waals surface area contributed by atoms with Gasteiger partial charge in [0.2, 0.25) is 0 Å². The number of benzene rings is 2. The van der Waals surface area contributed by atoms with Gasteiger partial charge < -0.3 is 0 Å². The third kappa shape index (κ3) is 13.3. The standard InChI is InChI=1S/C64H86S6/c1-7-13-19-25-31-45-41-51-53-43-59(69-63(53)49(35-29-23-17-11-5)47(61(51)65-45)33-27-21-15-9-3)57-39-37-55(67-57)56-38-40-58(68-56)60-44-54-52-42-46(32-26-20-14-8-2)66-62(52)48(34-28-22-16-10-4)50(64(54)70-60)36-30-24-18-12-6/h37-44H,7-36H2,1-6H3. The highest BCUT2D eigenvalue weighted by molar-refractivity contribution is 7.31. The fourth-order valence-electron chi connectivity index (χ4n) is 11.0. The molecule has 0 amide bonds. The molecule has 0 radical (unpaired) electrons. The highest BCUT2D eigenvalue weighted by Gasteiger charge is 2.23. The molecule has 0 aliphatic carbocycles. The average Bonchev–Trinajstić information content (AvgIpc) is 4.23. The molecule has 6 aromatic heterocycles. The molecule has 0 aliphatic rings. The highest BCUT2D eigenvalue weighted by atomic mass is 32.1. The van der Waals surface area contributed by atoms with Gasteiger partial charge in [-0.3, -0.25) is 0 Å². The summed E-state index contributed by atoms with van der Waals surface area (Å²) in [7, 11) is 0. The molecular weight excluding hydrogens is 961 g/mol. The summed E-state index contributed by atoms with van der Waals surface area (Å²) in [5, 5.41) is 6.16. The van der Waals surface area contributed by atoms with Crippen molar-refractivity contribution < 1.29 is 0 Å². The lowest BCUT2D eigenvalue weighted by Crippen LogP contribution is -1.97. The normalized spacial score (nSPS) is 12.1. The molecule has 378 valence electrons. The second-order valence-corrected chi connectivity index (χ2v) is 27.3. The molecule has 0 atom stereocenters. The van der Waals surface area contributed by atoms with Crippen LogP contribution in [0.3, 0.4) is 0 Å². The van der Waals surface area contributed by atoms with E-state index < -0.39 is 0 Å². The molecule has 0 nitrogen and oxygen atoms in total. The summed E-state index contributed by atoms with van der Waals surface area (Å²) in [4.78, 5) is 11.8. The van der Waals surface area contributed by atoms with Crippen molar-refractivity contribution in [3.05, 3.63) is 80.5 Å². The van der Waals surface area contributed by atoms with Crippen LogP contribution in [0.15, 0.2) is 48.5 Å². The number of fused-ring (bicyclic) bond motifs is 6. The van der Waals surface area contributed by atoms with Crippen LogP contribution in [0.4, 0.5) is 0 Å². The number of hydrogen-bond acceptors (Lipinski definition) is 6. The van der Waals surface area contributed by atoms with Crippen LogP contribution in [0.1, 0.15) is 228 Å². The minimum atomic E-state index is 1.23. The number of unbranched alkanes of at least 4 members (excludes halogenated alkanes) is 18. The zero-order valence-electron chi connectivity index (χ0n) is 44.3. The van der Waals surface area contributed by atoms with Crippen LogP contribution in [-0.2, 0) is 38.5 Å². The van der Waals surface area contributed by atoms with Crippen LogP contribution < -0.4 is 0 Å². The number of thiophene rings is 6. The Morgan fingerprint density at radius 1 is 0.243 bits per heavy atom. The summed E-state index contributed by atoms with van der Waals surface area (Å²) >= 11 is 12.6. The second-order valence-electron chi connectivity index (χ2n) is 20.7. The van der Waals surface area contributed by atoms with E-state index >= 15 is 0 Å². The first-order valence-corrected chi connectivity index (χ1v) is 33.6. The molecule has 0 saturated carbocycles. The summed E-state index contributed by atoms with van der Waals surface area (Å²) in [6, 6.07) is 20.2. The quantitative estimate of drug-likeness (QED) is 0.0360. The van der Waals surface area contributed by atoms with E-state index in [1.807, 2.05) is 22.7 Å². The van der Waals surface area contributed by atoms with E-state index in [0.29, 0.717) is 0 Å². The second kappa shape index (κ2) is 27.8. The predicted molar refractivity (Wildman–Crippen MR) is 327 cm³/mol. The van der Waals surface area contributed by atoms with Crippen LogP contribution in [-0.4, -0.2) is 0 Å². The summed E-state index contributed by atoms with van der Waals surface area (Å²) in [5.41, 5.74) is 6.82. The van der Waals surface area contributed by atoms with Crippen molar-refractivity contribution in [3.8, 4) is 29.3 Å². The zero-order chi connectivity index (χ0) is 48.7. The van der Waals surface area contributed by atoms with Gasteiger partial charge in [0.25, 0.3) is 0 Å². The van der Waals surface area contributed by atoms with Crippen LogP contribution >= 0.6 is 68.0 Å². The van der Waals surface area contributed by atoms with E-state index in [-0.39, 0.29) is 0 Å². The van der Waals surface area contributed by atoms with Crippen molar-refractivity contribution in [2.24, 2.45) is 0 Å². The molecule has 0 unspecified atom stereocenters. The van der Waals surface area contributed by atoms with Gasteiger partial charge in [0.05, 0.1) is 0 Å². The van der Waals surface area contributed by atoms with E-state index in [1.54, 1.807) is 61.6 Å². The Hall–Kier alpha value is -2.32. The Balaban J connectivity index is 1.14. The Morgan fingerprint density at radius 3 is 0.800 bits per heavy atom. The summed E-state index contributed by atoms with van der Waals surface area (Å²) in [5.74, 6) is 0. The lowest BCUT2D eigenvalue weighted by molar-refractivity contribution is 0.654. The van der Waals surface area contributed by atoms with Crippen molar-refractivity contribution in [3.63, 3.8) is 0 Å². The first kappa shape index (κ1) is 54.0. The molecule has 0 bridgehead atoms. The first-order valence-electron chi connectivity index (χ1n) is 28.7. The molecule has 6 heterocycles. The van der Waals surface area contributed by atoms with Crippen molar-refractivity contribution in [2.45, 2.75) is 234 Å². The summed E-state index contributed by atoms with van der Waals surface area (Å²) in [6.07, 6.45) is 39.2. The van der Waals surface area contributed by atoms with Crippen LogP contribution in [0.5, 0.6) is 0 Å². The fourth-order valence-corrected chi connectivity index (χ4v) is 18.5. The fraction of sp³-hybridized carbons (Fsp3) is 0.562. The monoisotopic (exact) mass is 1050 g/mol. The third-order valence-corrected chi connectivity index (χ3v) is 22.7. The Bertz CT molecular complexity index is 2630. The lowest BCUT2D eigenvalue weighted by atomic mass is 9.93. The predicted octanol–water partition coefficient (Wildman–Crippen LogP) is 24.4. The van der Waals surface area contributed by atoms with E-state index in [4.69, 9.17) is 0 Å². The van der Waals surface area contributed by atoms with Gasteiger partial charge in [-0.25, -0.2) is 0 Å². The maximum Gasteiger partial charge on any atom is 0.0455 e.